The average molecular weight is 563 g/mol. The molecule has 1 aromatic heterocycles. The predicted molar refractivity (Wildman–Crippen MR) is 147 cm³/mol. The van der Waals surface area contributed by atoms with Crippen molar-refractivity contribution in [3.05, 3.63) is 40.9 Å². The molecule has 2 fully saturated rings. The van der Waals surface area contributed by atoms with E-state index < -0.39 is 23.1 Å². The van der Waals surface area contributed by atoms with Crippen LogP contribution in [0.3, 0.4) is 0 Å². The largest absolute Gasteiger partial charge is 0.507 e. The van der Waals surface area contributed by atoms with Gasteiger partial charge in [-0.3, -0.25) is 4.90 Å². The molecular formula is C29H34ClF3N4O2. The molecule has 2 saturated heterocycles. The second-order valence-electron chi connectivity index (χ2n) is 11.2. The molecule has 2 aromatic carbocycles. The molecule has 2 aliphatic heterocycles. The highest BCUT2D eigenvalue weighted by molar-refractivity contribution is 6.34. The zero-order valence-corrected chi connectivity index (χ0v) is 23.2. The van der Waals surface area contributed by atoms with Gasteiger partial charge in [0, 0.05) is 43.2 Å². The molecule has 210 valence electrons. The monoisotopic (exact) mass is 562 g/mol. The lowest BCUT2D eigenvalue weighted by molar-refractivity contribution is 0.182. The van der Waals surface area contributed by atoms with Gasteiger partial charge in [-0.15, -0.1) is 0 Å². The molecule has 0 amide bonds. The minimum atomic E-state index is -1.16. The molecule has 5 rings (SSSR count). The SMILES string of the molecule is C[C@H]1CC[C@H](C)N(c2nc(OCCCN3CCC(C)(F)C3)nc3c(F)c(-c4c(O)cccc4F)c(Cl)cc23)C1. The number of aromatic hydroxyl groups is 1. The van der Waals surface area contributed by atoms with Gasteiger partial charge in [0.25, 0.3) is 0 Å². The van der Waals surface area contributed by atoms with Crippen molar-refractivity contribution in [2.24, 2.45) is 5.92 Å². The molecule has 6 nitrogen and oxygen atoms in total. The Morgan fingerprint density at radius 2 is 1.97 bits per heavy atom. The van der Waals surface area contributed by atoms with Crippen LogP contribution >= 0.6 is 11.6 Å². The summed E-state index contributed by atoms with van der Waals surface area (Å²) in [5.74, 6) is -1.17. The van der Waals surface area contributed by atoms with Crippen molar-refractivity contribution in [1.29, 1.82) is 0 Å². The number of alkyl halides is 1. The van der Waals surface area contributed by atoms with E-state index >= 15 is 4.39 Å². The van der Waals surface area contributed by atoms with Crippen molar-refractivity contribution < 1.29 is 23.0 Å². The minimum Gasteiger partial charge on any atom is -0.507 e. The Hall–Kier alpha value is -2.78. The van der Waals surface area contributed by atoms with Gasteiger partial charge in [-0.25, -0.2) is 13.2 Å². The molecule has 0 saturated carbocycles. The Kier molecular flexibility index (Phi) is 7.84. The summed E-state index contributed by atoms with van der Waals surface area (Å²) in [5, 5.41) is 10.7. The number of rotatable bonds is 7. The van der Waals surface area contributed by atoms with Crippen LogP contribution in [0.4, 0.5) is 19.0 Å². The highest BCUT2D eigenvalue weighted by atomic mass is 35.5. The average Bonchev–Trinajstić information content (AvgIpc) is 3.23. The zero-order chi connectivity index (χ0) is 27.9. The number of hydrogen-bond acceptors (Lipinski definition) is 6. The summed E-state index contributed by atoms with van der Waals surface area (Å²) < 4.78 is 51.0. The molecule has 3 heterocycles. The fourth-order valence-corrected chi connectivity index (χ4v) is 5.96. The molecule has 3 atom stereocenters. The summed E-state index contributed by atoms with van der Waals surface area (Å²) in [6.07, 6.45) is 3.16. The van der Waals surface area contributed by atoms with E-state index in [4.69, 9.17) is 21.3 Å². The summed E-state index contributed by atoms with van der Waals surface area (Å²) in [6.45, 7) is 8.63. The zero-order valence-electron chi connectivity index (χ0n) is 22.5. The highest BCUT2D eigenvalue weighted by Gasteiger charge is 2.33. The first kappa shape index (κ1) is 27.8. The first-order valence-electron chi connectivity index (χ1n) is 13.5. The number of nitrogens with zero attached hydrogens (tertiary/aromatic N) is 4. The number of aromatic nitrogens is 2. The number of piperidine rings is 1. The standard InChI is InChI=1S/C29H34ClF3N4O2/c1-17-8-9-18(2)37(15-17)27-19-14-20(30)23(24-21(31)6-4-7-22(24)38)25(32)26(19)34-28(35-27)39-13-5-11-36-12-10-29(3,33)16-36/h4,6-7,14,17-18,38H,5,8-13,15-16H2,1-3H3/t17-,18-,29?/m0/s1. The summed E-state index contributed by atoms with van der Waals surface area (Å²) >= 11 is 6.53. The lowest BCUT2D eigenvalue weighted by Crippen LogP contribution is -2.41. The lowest BCUT2D eigenvalue weighted by atomic mass is 9.94. The highest BCUT2D eigenvalue weighted by Crippen LogP contribution is 2.43. The number of phenolic OH excluding ortho intramolecular Hbond substituents is 1. The molecular weight excluding hydrogens is 529 g/mol. The third kappa shape index (κ3) is 5.75. The quantitative estimate of drug-likeness (QED) is 0.321. The Morgan fingerprint density at radius 3 is 2.69 bits per heavy atom. The Bertz CT molecular complexity index is 1350. The van der Waals surface area contributed by atoms with Gasteiger partial charge in [0.2, 0.25) is 0 Å². The summed E-state index contributed by atoms with van der Waals surface area (Å²) in [4.78, 5) is 13.2. The topological polar surface area (TPSA) is 61.7 Å². The van der Waals surface area contributed by atoms with Crippen LogP contribution in [-0.2, 0) is 0 Å². The van der Waals surface area contributed by atoms with Crippen LogP contribution in [0.15, 0.2) is 24.3 Å². The van der Waals surface area contributed by atoms with Crippen molar-refractivity contribution in [1.82, 2.24) is 14.9 Å². The lowest BCUT2D eigenvalue weighted by Gasteiger charge is -2.38. The summed E-state index contributed by atoms with van der Waals surface area (Å²) in [7, 11) is 0. The van der Waals surface area contributed by atoms with E-state index in [1.54, 1.807) is 6.92 Å². The molecule has 2 aliphatic rings. The van der Waals surface area contributed by atoms with Gasteiger partial charge in [0.1, 0.15) is 28.6 Å². The summed E-state index contributed by atoms with van der Waals surface area (Å²) in [6, 6.07) is 5.44. The number of phenols is 1. The normalized spacial score (nSPS) is 24.0. The maximum absolute atomic E-state index is 16.2. The van der Waals surface area contributed by atoms with Crippen LogP contribution in [0.5, 0.6) is 11.8 Å². The van der Waals surface area contributed by atoms with Crippen molar-refractivity contribution >= 4 is 28.3 Å². The van der Waals surface area contributed by atoms with E-state index in [9.17, 15) is 13.9 Å². The molecule has 0 radical (unpaired) electrons. The Balaban J connectivity index is 1.52. The van der Waals surface area contributed by atoms with Crippen LogP contribution in [0.1, 0.15) is 46.5 Å². The van der Waals surface area contributed by atoms with Gasteiger partial charge in [0.05, 0.1) is 17.2 Å². The molecule has 10 heteroatoms. The first-order chi connectivity index (χ1) is 18.5. The first-order valence-corrected chi connectivity index (χ1v) is 13.9. The van der Waals surface area contributed by atoms with E-state index in [0.717, 1.165) is 25.5 Å². The molecule has 3 aromatic rings. The second-order valence-corrected chi connectivity index (χ2v) is 11.6. The van der Waals surface area contributed by atoms with Crippen LogP contribution in [0.2, 0.25) is 5.02 Å². The maximum atomic E-state index is 16.2. The van der Waals surface area contributed by atoms with Crippen LogP contribution in [0, 0.1) is 17.6 Å². The van der Waals surface area contributed by atoms with Gasteiger partial charge in [-0.1, -0.05) is 24.6 Å². The molecule has 39 heavy (non-hydrogen) atoms. The number of benzene rings is 2. The van der Waals surface area contributed by atoms with Crippen LogP contribution in [0.25, 0.3) is 22.0 Å². The molecule has 1 unspecified atom stereocenters. The van der Waals surface area contributed by atoms with Crippen molar-refractivity contribution in [2.45, 2.75) is 58.2 Å². The Labute approximate surface area is 231 Å². The van der Waals surface area contributed by atoms with Gasteiger partial charge < -0.3 is 14.7 Å². The van der Waals surface area contributed by atoms with Gasteiger partial charge >= 0.3 is 6.01 Å². The number of fused-ring (bicyclic) bond motifs is 1. The van der Waals surface area contributed by atoms with Crippen LogP contribution < -0.4 is 9.64 Å². The maximum Gasteiger partial charge on any atom is 0.319 e. The number of likely N-dealkylation sites (tertiary alicyclic amines) is 1. The van der Waals surface area contributed by atoms with Crippen molar-refractivity contribution in [3.8, 4) is 22.9 Å². The predicted octanol–water partition coefficient (Wildman–Crippen LogP) is 6.76. The third-order valence-corrected chi connectivity index (χ3v) is 8.12. The van der Waals surface area contributed by atoms with Crippen molar-refractivity contribution in [2.75, 3.05) is 37.7 Å². The fourth-order valence-electron chi connectivity index (χ4n) is 5.67. The third-order valence-electron chi connectivity index (χ3n) is 7.83. The smallest absolute Gasteiger partial charge is 0.319 e. The number of ether oxygens (including phenoxy) is 1. The van der Waals surface area contributed by atoms with Gasteiger partial charge in [0.15, 0.2) is 5.82 Å². The van der Waals surface area contributed by atoms with E-state index in [1.807, 2.05) is 0 Å². The molecule has 1 N–H and O–H groups in total. The van der Waals surface area contributed by atoms with E-state index in [1.165, 1.54) is 18.2 Å². The minimum absolute atomic E-state index is 0.00427. The fraction of sp³-hybridized carbons (Fsp3) is 0.517. The molecule has 0 spiro atoms. The van der Waals surface area contributed by atoms with E-state index in [-0.39, 0.29) is 40.3 Å². The number of hydrogen-bond donors (Lipinski definition) is 1. The molecule has 0 bridgehead atoms. The molecule has 0 aliphatic carbocycles. The van der Waals surface area contributed by atoms with Gasteiger partial charge in [-0.2, -0.15) is 9.97 Å². The number of anilines is 1. The van der Waals surface area contributed by atoms with E-state index in [0.29, 0.717) is 49.6 Å². The van der Waals surface area contributed by atoms with Gasteiger partial charge in [-0.05, 0) is 63.6 Å². The number of halogens is 4. The van der Waals surface area contributed by atoms with Crippen LogP contribution in [-0.4, -0.2) is 64.5 Å². The van der Waals surface area contributed by atoms with Crippen molar-refractivity contribution in [3.63, 3.8) is 0 Å². The van der Waals surface area contributed by atoms with E-state index in [2.05, 4.69) is 28.6 Å². The second kappa shape index (κ2) is 11.0. The summed E-state index contributed by atoms with van der Waals surface area (Å²) in [5.41, 5.74) is -1.81. The Morgan fingerprint density at radius 1 is 1.18 bits per heavy atom.